The van der Waals surface area contributed by atoms with Gasteiger partial charge in [0, 0.05) is 6.07 Å². The molecule has 100 valence electrons. The van der Waals surface area contributed by atoms with Crippen LogP contribution in [0.2, 0.25) is 0 Å². The van der Waals surface area contributed by atoms with Crippen LogP contribution in [0, 0.1) is 27.3 Å². The predicted molar refractivity (Wildman–Crippen MR) is 69.8 cm³/mol. The zero-order chi connectivity index (χ0) is 14.7. The third kappa shape index (κ3) is 2.89. The molecule has 0 radical (unpaired) electrons. The minimum absolute atomic E-state index is 0.0146. The number of hydrogen-bond donors (Lipinski definition) is 0. The second-order valence-electron chi connectivity index (χ2n) is 3.60. The average Bonchev–Trinajstić information content (AvgIpc) is 2.42. The highest BCUT2D eigenvalue weighted by atomic mass is 79.9. The van der Waals surface area contributed by atoms with Gasteiger partial charge in [-0.3, -0.25) is 10.1 Å². The fraction of sp³-hybridized carbons (Fsp3) is 0. The summed E-state index contributed by atoms with van der Waals surface area (Å²) >= 11 is 3.06. The summed E-state index contributed by atoms with van der Waals surface area (Å²) in [4.78, 5) is 13.7. The van der Waals surface area contributed by atoms with Crippen molar-refractivity contribution in [2.45, 2.75) is 0 Å². The Morgan fingerprint density at radius 1 is 1.45 bits per heavy atom. The fourth-order valence-corrected chi connectivity index (χ4v) is 1.77. The van der Waals surface area contributed by atoms with Crippen LogP contribution in [0.3, 0.4) is 0 Å². The van der Waals surface area contributed by atoms with E-state index in [1.807, 2.05) is 0 Å². The minimum atomic E-state index is -0.726. The summed E-state index contributed by atoms with van der Waals surface area (Å²) in [5.41, 5.74) is -0.0601. The molecule has 0 aliphatic rings. The zero-order valence-electron chi connectivity index (χ0n) is 9.71. The maximum atomic E-state index is 13.6. The van der Waals surface area contributed by atoms with Gasteiger partial charge < -0.3 is 4.74 Å². The summed E-state index contributed by atoms with van der Waals surface area (Å²) in [6, 6.07) is 6.68. The van der Waals surface area contributed by atoms with Gasteiger partial charge in [0.1, 0.15) is 6.20 Å². The van der Waals surface area contributed by atoms with Gasteiger partial charge in [-0.15, -0.1) is 0 Å². The highest BCUT2D eigenvalue weighted by Gasteiger charge is 2.14. The van der Waals surface area contributed by atoms with E-state index in [1.54, 1.807) is 6.07 Å². The number of nitriles is 1. The number of pyridine rings is 1. The Hall–Kier alpha value is -2.53. The Bertz CT molecular complexity index is 730. The summed E-state index contributed by atoms with van der Waals surface area (Å²) in [5.74, 6) is -0.874. The maximum Gasteiger partial charge on any atom is 0.288 e. The van der Waals surface area contributed by atoms with Crippen LogP contribution in [-0.4, -0.2) is 9.91 Å². The van der Waals surface area contributed by atoms with Gasteiger partial charge in [0.05, 0.1) is 21.0 Å². The third-order valence-electron chi connectivity index (χ3n) is 2.27. The van der Waals surface area contributed by atoms with Crippen LogP contribution in [0.15, 0.2) is 34.9 Å². The van der Waals surface area contributed by atoms with E-state index in [1.165, 1.54) is 18.2 Å². The average molecular weight is 338 g/mol. The Kier molecular flexibility index (Phi) is 3.91. The van der Waals surface area contributed by atoms with E-state index < -0.39 is 10.7 Å². The molecule has 6 nitrogen and oxygen atoms in total. The topological polar surface area (TPSA) is 89.0 Å². The maximum absolute atomic E-state index is 13.6. The smallest absolute Gasteiger partial charge is 0.288 e. The van der Waals surface area contributed by atoms with Crippen LogP contribution >= 0.6 is 15.9 Å². The number of halogens is 2. The van der Waals surface area contributed by atoms with Gasteiger partial charge in [-0.05, 0) is 34.1 Å². The van der Waals surface area contributed by atoms with E-state index in [4.69, 9.17) is 10.00 Å². The molecule has 1 aromatic carbocycles. The first kappa shape index (κ1) is 13.9. The summed E-state index contributed by atoms with van der Waals surface area (Å²) in [6.45, 7) is 0. The van der Waals surface area contributed by atoms with Gasteiger partial charge in [0.25, 0.3) is 5.69 Å². The van der Waals surface area contributed by atoms with Crippen LogP contribution in [0.5, 0.6) is 11.6 Å². The largest absolute Gasteiger partial charge is 0.435 e. The first-order chi connectivity index (χ1) is 9.51. The van der Waals surface area contributed by atoms with Crippen molar-refractivity contribution in [1.82, 2.24) is 4.98 Å². The van der Waals surface area contributed by atoms with Crippen LogP contribution in [0.25, 0.3) is 0 Å². The quantitative estimate of drug-likeness (QED) is 0.631. The number of hydrogen-bond acceptors (Lipinski definition) is 5. The molecule has 8 heteroatoms. The molecule has 0 saturated heterocycles. The molecule has 20 heavy (non-hydrogen) atoms. The van der Waals surface area contributed by atoms with E-state index in [2.05, 4.69) is 20.9 Å². The van der Waals surface area contributed by atoms with Gasteiger partial charge in [0.15, 0.2) is 11.6 Å². The van der Waals surface area contributed by atoms with Gasteiger partial charge in [-0.2, -0.15) is 5.26 Å². The molecule has 0 fully saturated rings. The van der Waals surface area contributed by atoms with Crippen LogP contribution in [0.4, 0.5) is 10.1 Å². The standard InChI is InChI=1S/C12H5BrFN3O3/c13-9-4-8(17(18)19)6-16-12(9)20-11-2-1-7(5-15)3-10(11)14/h1-4,6H. The van der Waals surface area contributed by atoms with Gasteiger partial charge in [0.2, 0.25) is 5.88 Å². The first-order valence-corrected chi connectivity index (χ1v) is 5.98. The number of nitrogens with zero attached hydrogens (tertiary/aromatic N) is 3. The van der Waals surface area contributed by atoms with E-state index in [0.717, 1.165) is 12.3 Å². The molecule has 1 aromatic heterocycles. The van der Waals surface area contributed by atoms with Crippen LogP contribution < -0.4 is 4.74 Å². The molecule has 0 saturated carbocycles. The minimum Gasteiger partial charge on any atom is -0.435 e. The molecule has 2 aromatic rings. The van der Waals surface area contributed by atoms with Crippen molar-refractivity contribution in [3.05, 3.63) is 56.4 Å². The molecular weight excluding hydrogens is 333 g/mol. The SMILES string of the molecule is N#Cc1ccc(Oc2ncc([N+](=O)[O-])cc2Br)c(F)c1. The van der Waals surface area contributed by atoms with E-state index in [-0.39, 0.29) is 27.4 Å². The Labute approximate surface area is 120 Å². The summed E-state index contributed by atoms with van der Waals surface area (Å²) < 4.78 is 19.1. The first-order valence-electron chi connectivity index (χ1n) is 5.18. The second-order valence-corrected chi connectivity index (χ2v) is 4.45. The zero-order valence-corrected chi connectivity index (χ0v) is 11.3. The lowest BCUT2D eigenvalue weighted by Gasteiger charge is -2.07. The fourth-order valence-electron chi connectivity index (χ4n) is 1.35. The monoisotopic (exact) mass is 337 g/mol. The molecule has 1 heterocycles. The molecule has 0 atom stereocenters. The van der Waals surface area contributed by atoms with Crippen molar-refractivity contribution in [1.29, 1.82) is 5.26 Å². The molecule has 2 rings (SSSR count). The number of aromatic nitrogens is 1. The number of rotatable bonds is 3. The van der Waals surface area contributed by atoms with E-state index >= 15 is 0 Å². The van der Waals surface area contributed by atoms with Crippen molar-refractivity contribution in [2.24, 2.45) is 0 Å². The Balaban J connectivity index is 2.31. The number of nitro groups is 1. The van der Waals surface area contributed by atoms with Crippen molar-refractivity contribution in [3.8, 4) is 17.7 Å². The summed E-state index contributed by atoms with van der Waals surface area (Å²) in [6.07, 6.45) is 1.00. The number of benzene rings is 1. The normalized spacial score (nSPS) is 9.85. The van der Waals surface area contributed by atoms with E-state index in [0.29, 0.717) is 0 Å². The van der Waals surface area contributed by atoms with Gasteiger partial charge in [-0.1, -0.05) is 0 Å². The summed E-state index contributed by atoms with van der Waals surface area (Å²) in [7, 11) is 0. The lowest BCUT2D eigenvalue weighted by atomic mass is 10.2. The van der Waals surface area contributed by atoms with Crippen molar-refractivity contribution < 1.29 is 14.1 Å². The highest BCUT2D eigenvalue weighted by Crippen LogP contribution is 2.31. The van der Waals surface area contributed by atoms with Crippen LogP contribution in [0.1, 0.15) is 5.56 Å². The third-order valence-corrected chi connectivity index (χ3v) is 2.84. The van der Waals surface area contributed by atoms with Crippen molar-refractivity contribution in [2.75, 3.05) is 0 Å². The molecule has 0 unspecified atom stereocenters. The Morgan fingerprint density at radius 3 is 2.75 bits per heavy atom. The lowest BCUT2D eigenvalue weighted by Crippen LogP contribution is -1.95. The summed E-state index contributed by atoms with van der Waals surface area (Å²) in [5, 5.41) is 19.2. The van der Waals surface area contributed by atoms with E-state index in [9.17, 15) is 14.5 Å². The van der Waals surface area contributed by atoms with Crippen molar-refractivity contribution >= 4 is 21.6 Å². The Morgan fingerprint density at radius 2 is 2.20 bits per heavy atom. The molecule has 0 bridgehead atoms. The van der Waals surface area contributed by atoms with Gasteiger partial charge >= 0.3 is 0 Å². The molecule has 0 amide bonds. The lowest BCUT2D eigenvalue weighted by molar-refractivity contribution is -0.385. The molecule has 0 spiro atoms. The van der Waals surface area contributed by atoms with Crippen molar-refractivity contribution in [3.63, 3.8) is 0 Å². The number of ether oxygens (including phenoxy) is 1. The van der Waals surface area contributed by atoms with Crippen LogP contribution in [-0.2, 0) is 0 Å². The molecule has 0 aliphatic carbocycles. The van der Waals surface area contributed by atoms with Gasteiger partial charge in [-0.25, -0.2) is 9.37 Å². The highest BCUT2D eigenvalue weighted by molar-refractivity contribution is 9.10. The predicted octanol–water partition coefficient (Wildman–Crippen LogP) is 3.56. The molecule has 0 N–H and O–H groups in total. The second kappa shape index (κ2) is 5.63. The molecular formula is C12H5BrFN3O3. The molecule has 0 aliphatic heterocycles.